The molecule has 0 unspecified atom stereocenters. The molecule has 0 saturated heterocycles. The maximum absolute atomic E-state index is 5.28. The Kier molecular flexibility index (Phi) is 11.6. The summed E-state index contributed by atoms with van der Waals surface area (Å²) in [4.78, 5) is 6.73. The van der Waals surface area contributed by atoms with Crippen LogP contribution >= 0.6 is 0 Å². The molecule has 2 heterocycles. The van der Waals surface area contributed by atoms with Crippen LogP contribution in [0.5, 0.6) is 0 Å². The van der Waals surface area contributed by atoms with Gasteiger partial charge in [-0.15, -0.1) is 17.7 Å². The molecule has 1 radical (unpaired) electrons. The Morgan fingerprint density at radius 2 is 0.656 bits per heavy atom. The molecule has 1 aliphatic heterocycles. The molecule has 0 N–H and O–H groups in total. The topological polar surface area (TPSA) is 32.9 Å². The van der Waals surface area contributed by atoms with Crippen molar-refractivity contribution in [3.05, 3.63) is 249 Å². The number of rotatable bonds is 7. The van der Waals surface area contributed by atoms with Gasteiger partial charge >= 0.3 is 0 Å². The first-order valence-electron chi connectivity index (χ1n) is 20.2. The van der Waals surface area contributed by atoms with E-state index in [1.807, 2.05) is 23.2 Å². The first-order valence-corrected chi connectivity index (χ1v) is 20.2. The van der Waals surface area contributed by atoms with Gasteiger partial charge < -0.3 is 14.9 Å². The zero-order valence-electron chi connectivity index (χ0n) is 33.2. The summed E-state index contributed by atoms with van der Waals surface area (Å²) in [6.45, 7) is 2.11. The van der Waals surface area contributed by atoms with Crippen LogP contribution in [0.25, 0.3) is 66.3 Å². The number of hydrogen-bond acceptors (Lipinski definition) is 3. The summed E-state index contributed by atoms with van der Waals surface area (Å²) in [5.74, 6) is 0.862. The molecule has 0 saturated carbocycles. The Labute approximate surface area is 372 Å². The van der Waals surface area contributed by atoms with Gasteiger partial charge in [-0.3, -0.25) is 0 Å². The van der Waals surface area contributed by atoms with Gasteiger partial charge in [0, 0.05) is 39.3 Å². The van der Waals surface area contributed by atoms with E-state index in [1.165, 1.54) is 21.9 Å². The number of fused-ring (bicyclic) bond motifs is 3. The monoisotopic (exact) mass is 965 g/mol. The zero-order chi connectivity index (χ0) is 40.1. The van der Waals surface area contributed by atoms with Crippen LogP contribution in [-0.2, 0) is 22.4 Å². The zero-order valence-corrected chi connectivity index (χ0v) is 35.4. The Balaban J connectivity index is 0.000000288. The fraction of sp³-hybridized carbons (Fsp3) is 0. The van der Waals surface area contributed by atoms with E-state index >= 15 is 0 Å². The summed E-state index contributed by atoms with van der Waals surface area (Å²) in [6.07, 6.45) is 0. The number of aromatic nitrogens is 1. The van der Waals surface area contributed by atoms with Crippen molar-refractivity contribution in [1.29, 1.82) is 0 Å². The molecule has 0 fully saturated rings. The predicted molar refractivity (Wildman–Crippen MR) is 252 cm³/mol. The molecule has 0 atom stereocenters. The normalized spacial score (nSPS) is 12.1. The van der Waals surface area contributed by atoms with Gasteiger partial charge in [0.1, 0.15) is 5.84 Å². The molecule has 4 nitrogen and oxygen atoms in total. The minimum Gasteiger partial charge on any atom is -0.657 e. The number of benzene rings is 9. The van der Waals surface area contributed by atoms with Crippen LogP contribution in [0, 0.1) is 6.67 Å². The Morgan fingerprint density at radius 1 is 0.328 bits per heavy atom. The third-order valence-electron chi connectivity index (χ3n) is 10.8. The van der Waals surface area contributed by atoms with Gasteiger partial charge in [0.05, 0.1) is 0 Å². The van der Waals surface area contributed by atoms with Gasteiger partial charge in [-0.25, -0.2) is 0 Å². The van der Waals surface area contributed by atoms with Crippen LogP contribution in [0.3, 0.4) is 0 Å². The Hall–Kier alpha value is -7.21. The van der Waals surface area contributed by atoms with Gasteiger partial charge in [-0.05, 0) is 91.7 Å². The molecule has 0 bridgehead atoms. The first kappa shape index (κ1) is 39.3. The molecule has 9 aromatic carbocycles. The maximum Gasteiger partial charge on any atom is 0.129 e. The van der Waals surface area contributed by atoms with E-state index in [1.54, 1.807) is 0 Å². The number of hydrogen-bond donors (Lipinski definition) is 0. The second kappa shape index (κ2) is 18.0. The van der Waals surface area contributed by atoms with Crippen molar-refractivity contribution >= 4 is 39.0 Å². The minimum absolute atomic E-state index is 0. The van der Waals surface area contributed by atoms with Gasteiger partial charge in [0.2, 0.25) is 0 Å². The van der Waals surface area contributed by atoms with E-state index in [9.17, 15) is 0 Å². The molecular weight excluding hydrogens is 926 g/mol. The van der Waals surface area contributed by atoms with Crippen LogP contribution in [0.2, 0.25) is 0 Å². The summed E-state index contributed by atoms with van der Waals surface area (Å²) in [7, 11) is 0. The van der Waals surface area contributed by atoms with E-state index in [0.29, 0.717) is 0 Å². The van der Waals surface area contributed by atoms with Crippen LogP contribution in [0.1, 0.15) is 5.56 Å². The molecule has 297 valence electrons. The Morgan fingerprint density at radius 3 is 1.05 bits per heavy atom. The van der Waals surface area contributed by atoms with Crippen LogP contribution in [-0.4, -0.2) is 5.84 Å². The molecule has 1 aromatic heterocycles. The molecule has 5 heteroatoms. The van der Waals surface area contributed by atoms with E-state index in [4.69, 9.17) is 5.10 Å². The van der Waals surface area contributed by atoms with Crippen molar-refractivity contribution in [2.24, 2.45) is 5.10 Å². The van der Waals surface area contributed by atoms with Crippen LogP contribution in [0.4, 0.5) is 11.4 Å². The summed E-state index contributed by atoms with van der Waals surface area (Å²) in [6, 6.07) is 82.7. The molecule has 11 rings (SSSR count). The number of hydrazone groups is 1. The molecule has 0 aliphatic carbocycles. The number of para-hydroxylation sites is 2. The average Bonchev–Trinajstić information content (AvgIpc) is 3.96. The second-order valence-electron chi connectivity index (χ2n) is 14.8. The van der Waals surface area contributed by atoms with Crippen molar-refractivity contribution in [3.63, 3.8) is 0 Å². The number of nitrogens with zero attached hydrogens (tertiary/aromatic N) is 4. The van der Waals surface area contributed by atoms with Crippen LogP contribution < -0.4 is 14.9 Å². The second-order valence-corrected chi connectivity index (χ2v) is 14.8. The van der Waals surface area contributed by atoms with E-state index in [-0.39, 0.29) is 22.4 Å². The molecular formula is C56H40AuN4-2. The van der Waals surface area contributed by atoms with Crippen molar-refractivity contribution in [1.82, 2.24) is 4.98 Å². The Bertz CT molecular complexity index is 2890. The third-order valence-corrected chi connectivity index (χ3v) is 10.8. The van der Waals surface area contributed by atoms with E-state index in [2.05, 4.69) is 235 Å². The fourth-order valence-corrected chi connectivity index (χ4v) is 7.85. The average molecular weight is 966 g/mol. The SMILES string of the molecule is [Au].c1ccc(C2=NN(c3cc(-c4ccccc4)cc(-c4ccccc4)c3)[CH-]N2c2cc(-c3ccccc3)cc(-c3ccccc3)c2)cc1.c1ccc2c(c1)[n-]c1ccccc12. The quantitative estimate of drug-likeness (QED) is 0.118. The van der Waals surface area contributed by atoms with E-state index in [0.717, 1.165) is 67.2 Å². The first-order chi connectivity index (χ1) is 29.7. The smallest absolute Gasteiger partial charge is 0.129 e. The molecule has 10 aromatic rings. The van der Waals surface area contributed by atoms with Gasteiger partial charge in [0.25, 0.3) is 0 Å². The largest absolute Gasteiger partial charge is 0.657 e. The molecule has 61 heavy (non-hydrogen) atoms. The summed E-state index contributed by atoms with van der Waals surface area (Å²) < 4.78 is 0. The summed E-state index contributed by atoms with van der Waals surface area (Å²) >= 11 is 0. The van der Waals surface area contributed by atoms with Gasteiger partial charge in [-0.1, -0.05) is 200 Å². The molecule has 0 amide bonds. The minimum atomic E-state index is 0. The van der Waals surface area contributed by atoms with Gasteiger partial charge in [0.15, 0.2) is 0 Å². The van der Waals surface area contributed by atoms with E-state index < -0.39 is 0 Å². The number of anilines is 2. The number of amidine groups is 1. The van der Waals surface area contributed by atoms with Gasteiger partial charge in [-0.2, -0.15) is 5.10 Å². The van der Waals surface area contributed by atoms with Crippen molar-refractivity contribution in [2.75, 3.05) is 9.91 Å². The fourth-order valence-electron chi connectivity index (χ4n) is 7.85. The molecule has 1 aliphatic rings. The van der Waals surface area contributed by atoms with Crippen molar-refractivity contribution in [2.45, 2.75) is 0 Å². The third kappa shape index (κ3) is 8.47. The maximum atomic E-state index is 5.28. The predicted octanol–water partition coefficient (Wildman–Crippen LogP) is 14.1. The van der Waals surface area contributed by atoms with Crippen molar-refractivity contribution in [3.8, 4) is 44.5 Å². The molecule has 0 spiro atoms. The standard InChI is InChI=1S/C44H32N3.C12H8N.Au/c1-6-16-33(17-7-1)38-26-39(34-18-8-2-9-19-34)29-42(28-38)46-32-47(45-44(46)37-24-14-5-15-25-37)43-30-40(35-20-10-3-11-21-35)27-41(31-43)36-22-12-4-13-23-36;1-3-7-11-9(5-1)10-6-2-4-8-12(10)13-11;/h1-32H;1-8H;/q2*-1;. The van der Waals surface area contributed by atoms with Crippen LogP contribution in [0.15, 0.2) is 242 Å². The summed E-state index contributed by atoms with van der Waals surface area (Å²) in [5, 5.41) is 9.79. The summed E-state index contributed by atoms with van der Waals surface area (Å²) in [5.41, 5.74) is 14.5. The van der Waals surface area contributed by atoms with Crippen molar-refractivity contribution < 1.29 is 22.4 Å².